The molecule has 40 heavy (non-hydrogen) atoms. The first kappa shape index (κ1) is 28.7. The number of fused-ring (bicyclic) bond motifs is 3. The summed E-state index contributed by atoms with van der Waals surface area (Å²) in [6.45, 7) is 3.15. The Kier molecular flexibility index (Phi) is 8.77. The first-order valence-electron chi connectivity index (χ1n) is 13.2. The Morgan fingerprint density at radius 3 is 2.20 bits per heavy atom. The maximum atomic E-state index is 14.0. The summed E-state index contributed by atoms with van der Waals surface area (Å²) in [5.41, 5.74) is 4.44. The van der Waals surface area contributed by atoms with E-state index >= 15 is 0 Å². The quantitative estimate of drug-likeness (QED) is 0.128. The van der Waals surface area contributed by atoms with E-state index in [1.165, 1.54) is 21.1 Å². The number of oxime groups is 1. The second kappa shape index (κ2) is 12.2. The minimum absolute atomic E-state index is 0.126. The third kappa shape index (κ3) is 5.66. The summed E-state index contributed by atoms with van der Waals surface area (Å²) >= 11 is 0. The molecule has 2 aliphatic carbocycles. The van der Waals surface area contributed by atoms with E-state index in [2.05, 4.69) is 5.16 Å². The number of hydrogen-bond acceptors (Lipinski definition) is 8. The van der Waals surface area contributed by atoms with Crippen molar-refractivity contribution in [3.8, 4) is 11.1 Å². The van der Waals surface area contributed by atoms with E-state index < -0.39 is 11.4 Å². The van der Waals surface area contributed by atoms with Crippen molar-refractivity contribution in [2.24, 2.45) is 11.1 Å². The van der Waals surface area contributed by atoms with Crippen molar-refractivity contribution < 1.29 is 33.5 Å². The summed E-state index contributed by atoms with van der Waals surface area (Å²) in [5.74, 6) is -2.04. The van der Waals surface area contributed by atoms with Crippen LogP contribution in [0.3, 0.4) is 0 Å². The molecule has 0 radical (unpaired) electrons. The van der Waals surface area contributed by atoms with Gasteiger partial charge in [-0.3, -0.25) is 14.4 Å². The molecule has 0 N–H and O–H groups in total. The van der Waals surface area contributed by atoms with Gasteiger partial charge in [0.15, 0.2) is 0 Å². The summed E-state index contributed by atoms with van der Waals surface area (Å²) in [6, 6.07) is 13.3. The lowest BCUT2D eigenvalue weighted by Crippen LogP contribution is -2.29. The second-order valence-corrected chi connectivity index (χ2v) is 10.1. The molecule has 0 bridgehead atoms. The lowest BCUT2D eigenvalue weighted by molar-refractivity contribution is -0.142. The Hall–Kier alpha value is -4.33. The summed E-state index contributed by atoms with van der Waals surface area (Å²) in [6.07, 6.45) is 7.33. The number of ether oxygens (including phenoxy) is 2. The average Bonchev–Trinajstić information content (AvgIpc) is 3.24. The maximum Gasteiger partial charge on any atom is 0.331 e. The zero-order valence-electron chi connectivity index (χ0n) is 23.2. The molecule has 0 amide bonds. The van der Waals surface area contributed by atoms with Gasteiger partial charge >= 0.3 is 17.9 Å². The van der Waals surface area contributed by atoms with Gasteiger partial charge in [0, 0.05) is 36.7 Å². The summed E-state index contributed by atoms with van der Waals surface area (Å²) in [5, 5.41) is 4.00. The highest BCUT2D eigenvalue weighted by atomic mass is 16.7. The fourth-order valence-corrected chi connectivity index (χ4v) is 5.68. The Morgan fingerprint density at radius 1 is 0.925 bits per heavy atom. The lowest BCUT2D eigenvalue weighted by Gasteiger charge is -2.32. The number of methoxy groups -OCH3 is 2. The maximum absolute atomic E-state index is 14.0. The Balaban J connectivity index is 1.84. The van der Waals surface area contributed by atoms with E-state index in [0.717, 1.165) is 27.8 Å². The van der Waals surface area contributed by atoms with Crippen LogP contribution in [0.5, 0.6) is 0 Å². The van der Waals surface area contributed by atoms with Crippen molar-refractivity contribution in [3.05, 3.63) is 83.0 Å². The molecule has 0 aliphatic heterocycles. The van der Waals surface area contributed by atoms with Gasteiger partial charge in [-0.25, -0.2) is 4.79 Å². The molecule has 0 saturated heterocycles. The van der Waals surface area contributed by atoms with Crippen LogP contribution in [0.2, 0.25) is 0 Å². The molecule has 0 fully saturated rings. The van der Waals surface area contributed by atoms with Crippen molar-refractivity contribution in [3.63, 3.8) is 0 Å². The van der Waals surface area contributed by atoms with Crippen LogP contribution in [0.4, 0.5) is 0 Å². The highest BCUT2D eigenvalue weighted by Crippen LogP contribution is 2.54. The van der Waals surface area contributed by atoms with Gasteiger partial charge in [-0.15, -0.1) is 0 Å². The number of benzene rings is 2. The molecule has 208 valence electrons. The van der Waals surface area contributed by atoms with Gasteiger partial charge in [-0.05, 0) is 54.5 Å². The van der Waals surface area contributed by atoms with E-state index in [4.69, 9.17) is 14.3 Å². The van der Waals surface area contributed by atoms with Gasteiger partial charge in [-0.1, -0.05) is 65.4 Å². The molecular formula is C32H33NO7. The van der Waals surface area contributed by atoms with E-state index in [1.807, 2.05) is 61.5 Å². The van der Waals surface area contributed by atoms with Gasteiger partial charge in [0.2, 0.25) is 5.78 Å². The molecule has 2 aliphatic rings. The minimum Gasteiger partial charge on any atom is -0.469 e. The number of hydrogen-bond donors (Lipinski definition) is 0. The van der Waals surface area contributed by atoms with E-state index in [0.29, 0.717) is 24.8 Å². The standard InChI is InChI=1S/C32H33NO7/c1-20-9-5-6-10-23(20)30(33-40-21(2)34)31(37)22-13-14-25-24-11-7-8-12-26(24)32(27(25)19-22,17-15-28(35)38-3)18-16-29(36)39-4/h5-9,11-14,19,23H,10,15-18H2,1-4H3/b33-30+. The molecule has 8 heteroatoms. The third-order valence-electron chi connectivity index (χ3n) is 7.75. The molecule has 1 unspecified atom stereocenters. The van der Waals surface area contributed by atoms with Crippen LogP contribution in [0, 0.1) is 5.92 Å². The summed E-state index contributed by atoms with van der Waals surface area (Å²) in [7, 11) is 2.69. The number of esters is 2. The Bertz CT molecular complexity index is 1410. The van der Waals surface area contributed by atoms with Crippen molar-refractivity contribution in [1.29, 1.82) is 0 Å². The summed E-state index contributed by atoms with van der Waals surface area (Å²) < 4.78 is 9.88. The molecule has 0 aromatic heterocycles. The minimum atomic E-state index is -0.735. The first-order valence-corrected chi connectivity index (χ1v) is 13.2. The van der Waals surface area contributed by atoms with Crippen LogP contribution in [-0.2, 0) is 34.1 Å². The van der Waals surface area contributed by atoms with Crippen LogP contribution in [-0.4, -0.2) is 43.6 Å². The van der Waals surface area contributed by atoms with Gasteiger partial charge in [-0.2, -0.15) is 0 Å². The van der Waals surface area contributed by atoms with E-state index in [9.17, 15) is 19.2 Å². The molecule has 8 nitrogen and oxygen atoms in total. The van der Waals surface area contributed by atoms with Crippen molar-refractivity contribution in [1.82, 2.24) is 0 Å². The topological polar surface area (TPSA) is 108 Å². The molecule has 0 spiro atoms. The zero-order chi connectivity index (χ0) is 28.9. The highest BCUT2D eigenvalue weighted by Gasteiger charge is 2.44. The molecular weight excluding hydrogens is 510 g/mol. The monoisotopic (exact) mass is 543 g/mol. The highest BCUT2D eigenvalue weighted by molar-refractivity contribution is 6.47. The lowest BCUT2D eigenvalue weighted by atomic mass is 9.71. The number of Topliss-reactive ketones (excluding diaryl/α,β-unsaturated/α-hetero) is 1. The summed E-state index contributed by atoms with van der Waals surface area (Å²) in [4.78, 5) is 55.1. The molecule has 1 atom stereocenters. The smallest absolute Gasteiger partial charge is 0.331 e. The van der Waals surface area contributed by atoms with Crippen molar-refractivity contribution in [2.75, 3.05) is 14.2 Å². The molecule has 4 rings (SSSR count). The molecule has 0 saturated carbocycles. The molecule has 2 aromatic carbocycles. The number of carbonyl (C=O) groups excluding carboxylic acids is 4. The largest absolute Gasteiger partial charge is 0.469 e. The molecule has 0 heterocycles. The number of carbonyl (C=O) groups is 4. The number of ketones is 1. The zero-order valence-corrected chi connectivity index (χ0v) is 23.2. The predicted octanol–water partition coefficient (Wildman–Crippen LogP) is 5.48. The normalized spacial score (nSPS) is 16.9. The third-order valence-corrected chi connectivity index (χ3v) is 7.75. The van der Waals surface area contributed by atoms with Crippen LogP contribution >= 0.6 is 0 Å². The van der Waals surface area contributed by atoms with Gasteiger partial charge in [0.05, 0.1) is 14.2 Å². The van der Waals surface area contributed by atoms with Gasteiger partial charge < -0.3 is 14.3 Å². The molecule has 2 aromatic rings. The van der Waals surface area contributed by atoms with E-state index in [1.54, 1.807) is 6.07 Å². The Morgan fingerprint density at radius 2 is 1.57 bits per heavy atom. The van der Waals surface area contributed by atoms with Crippen LogP contribution in [0.1, 0.15) is 67.4 Å². The van der Waals surface area contributed by atoms with Crippen molar-refractivity contribution in [2.45, 2.75) is 51.4 Å². The van der Waals surface area contributed by atoms with Crippen LogP contribution in [0.15, 0.2) is 71.4 Å². The van der Waals surface area contributed by atoms with Crippen LogP contribution < -0.4 is 0 Å². The second-order valence-electron chi connectivity index (χ2n) is 10.1. The number of nitrogens with zero attached hydrogens (tertiary/aromatic N) is 1. The fourth-order valence-electron chi connectivity index (χ4n) is 5.68. The number of allylic oxidation sites excluding steroid dienone is 4. The van der Waals surface area contributed by atoms with Gasteiger partial charge in [0.1, 0.15) is 5.71 Å². The van der Waals surface area contributed by atoms with Crippen LogP contribution in [0.25, 0.3) is 11.1 Å². The Labute approximate surface area is 233 Å². The SMILES string of the molecule is COC(=O)CCC1(CCC(=O)OC)c2ccccc2-c2ccc(C(=O)/C(=N/OC(C)=O)C3CC=CC=C3C)cc21. The average molecular weight is 544 g/mol. The predicted molar refractivity (Wildman–Crippen MR) is 150 cm³/mol. The first-order chi connectivity index (χ1) is 19.2. The van der Waals surface area contributed by atoms with Crippen molar-refractivity contribution >= 4 is 29.4 Å². The van der Waals surface area contributed by atoms with E-state index in [-0.39, 0.29) is 42.2 Å². The van der Waals surface area contributed by atoms with Gasteiger partial charge in [0.25, 0.3) is 0 Å². The fraction of sp³-hybridized carbons (Fsp3) is 0.344. The number of rotatable bonds is 10.